The maximum Gasteiger partial charge on any atom is 0.163 e. The lowest BCUT2D eigenvalue weighted by Gasteiger charge is -2.27. The molecule has 4 rings (SSSR count). The summed E-state index contributed by atoms with van der Waals surface area (Å²) in [5.74, 6) is 4.60. The standard InChI is InChI=1S/C29H29N3O4/c1-5-22-12-11-21(2)26(17-22)32(23-9-7-6-8-10-23)29-24-18-27(35-15-13-33-3)28(36-16-14-34-4)19-25(24)30-20-31-29/h1,6-12,17-20H,13-16H2,2-4H3. The second kappa shape index (κ2) is 12.0. The van der Waals surface area contributed by atoms with Crippen molar-refractivity contribution < 1.29 is 18.9 Å². The van der Waals surface area contributed by atoms with Gasteiger partial charge in [0.25, 0.3) is 0 Å². The lowest BCUT2D eigenvalue weighted by Crippen LogP contribution is -2.14. The number of benzene rings is 3. The monoisotopic (exact) mass is 483 g/mol. The summed E-state index contributed by atoms with van der Waals surface area (Å²) >= 11 is 0. The molecule has 184 valence electrons. The number of para-hydroxylation sites is 1. The van der Waals surface area contributed by atoms with E-state index in [4.69, 9.17) is 30.4 Å². The second-order valence-corrected chi connectivity index (χ2v) is 8.01. The summed E-state index contributed by atoms with van der Waals surface area (Å²) in [5.41, 5.74) is 4.43. The highest BCUT2D eigenvalue weighted by molar-refractivity contribution is 5.97. The van der Waals surface area contributed by atoms with E-state index in [-0.39, 0.29) is 0 Å². The minimum absolute atomic E-state index is 0.372. The fraction of sp³-hybridized carbons (Fsp3) is 0.241. The van der Waals surface area contributed by atoms with Crippen molar-refractivity contribution in [2.45, 2.75) is 6.92 Å². The van der Waals surface area contributed by atoms with Gasteiger partial charge in [-0.25, -0.2) is 9.97 Å². The number of terminal acetylenes is 1. The Morgan fingerprint density at radius 1 is 0.833 bits per heavy atom. The smallest absolute Gasteiger partial charge is 0.163 e. The third-order valence-corrected chi connectivity index (χ3v) is 5.61. The molecule has 1 aromatic heterocycles. The average Bonchev–Trinajstić information content (AvgIpc) is 2.91. The molecule has 0 bridgehead atoms. The maximum absolute atomic E-state index is 6.03. The third-order valence-electron chi connectivity index (χ3n) is 5.61. The Balaban J connectivity index is 1.91. The molecule has 1 heterocycles. The van der Waals surface area contributed by atoms with Crippen molar-refractivity contribution in [3.63, 3.8) is 0 Å². The van der Waals surface area contributed by atoms with E-state index < -0.39 is 0 Å². The van der Waals surface area contributed by atoms with Crippen molar-refractivity contribution in [3.8, 4) is 23.8 Å². The Hall–Kier alpha value is -4.12. The summed E-state index contributed by atoms with van der Waals surface area (Å²) in [6.45, 7) is 3.71. The summed E-state index contributed by atoms with van der Waals surface area (Å²) in [6.07, 6.45) is 7.29. The highest BCUT2D eigenvalue weighted by Gasteiger charge is 2.21. The topological polar surface area (TPSA) is 65.9 Å². The van der Waals surface area contributed by atoms with Gasteiger partial charge >= 0.3 is 0 Å². The zero-order valence-corrected chi connectivity index (χ0v) is 20.7. The van der Waals surface area contributed by atoms with E-state index in [2.05, 4.69) is 22.7 Å². The van der Waals surface area contributed by atoms with Gasteiger partial charge in [0.1, 0.15) is 25.4 Å². The number of fused-ring (bicyclic) bond motifs is 1. The maximum atomic E-state index is 6.03. The fourth-order valence-corrected chi connectivity index (χ4v) is 3.82. The van der Waals surface area contributed by atoms with Crippen LogP contribution in [0, 0.1) is 19.3 Å². The van der Waals surface area contributed by atoms with Gasteiger partial charge in [-0.15, -0.1) is 6.42 Å². The fourth-order valence-electron chi connectivity index (χ4n) is 3.82. The summed E-state index contributed by atoms with van der Waals surface area (Å²) < 4.78 is 22.3. The van der Waals surface area contributed by atoms with Crippen LogP contribution in [0.2, 0.25) is 0 Å². The Morgan fingerprint density at radius 3 is 2.19 bits per heavy atom. The van der Waals surface area contributed by atoms with Crippen molar-refractivity contribution in [1.29, 1.82) is 0 Å². The van der Waals surface area contributed by atoms with Crippen LogP contribution in [0.5, 0.6) is 11.5 Å². The van der Waals surface area contributed by atoms with Crippen molar-refractivity contribution in [1.82, 2.24) is 9.97 Å². The number of ether oxygens (including phenoxy) is 4. The largest absolute Gasteiger partial charge is 0.487 e. The lowest BCUT2D eigenvalue weighted by molar-refractivity contribution is 0.132. The molecule has 0 saturated carbocycles. The van der Waals surface area contributed by atoms with E-state index in [9.17, 15) is 0 Å². The molecule has 0 atom stereocenters. The Labute approximate surface area is 211 Å². The number of nitrogens with zero attached hydrogens (tertiary/aromatic N) is 3. The van der Waals surface area contributed by atoms with E-state index in [1.807, 2.05) is 60.7 Å². The number of aromatic nitrogens is 2. The van der Waals surface area contributed by atoms with Gasteiger partial charge in [-0.05, 0) is 42.8 Å². The zero-order valence-electron chi connectivity index (χ0n) is 20.7. The Morgan fingerprint density at radius 2 is 1.53 bits per heavy atom. The van der Waals surface area contributed by atoms with Gasteiger partial charge in [0.05, 0.1) is 24.4 Å². The van der Waals surface area contributed by atoms with E-state index in [1.165, 1.54) is 0 Å². The first-order valence-electron chi connectivity index (χ1n) is 11.6. The van der Waals surface area contributed by atoms with Gasteiger partial charge < -0.3 is 18.9 Å². The SMILES string of the molecule is C#Cc1ccc(C)c(N(c2ccccc2)c2ncnc3cc(OCCOC)c(OCCOC)cc23)c1. The number of hydrogen-bond donors (Lipinski definition) is 0. The molecule has 0 N–H and O–H groups in total. The van der Waals surface area contributed by atoms with Crippen molar-refractivity contribution in [2.75, 3.05) is 45.5 Å². The normalized spacial score (nSPS) is 10.7. The van der Waals surface area contributed by atoms with Crippen LogP contribution in [0.25, 0.3) is 10.9 Å². The van der Waals surface area contributed by atoms with Crippen LogP contribution in [-0.4, -0.2) is 50.6 Å². The van der Waals surface area contributed by atoms with Crippen LogP contribution in [0.3, 0.4) is 0 Å². The van der Waals surface area contributed by atoms with E-state index in [0.29, 0.717) is 43.7 Å². The number of methoxy groups -OCH3 is 2. The minimum Gasteiger partial charge on any atom is -0.487 e. The van der Waals surface area contributed by atoms with Crippen LogP contribution < -0.4 is 14.4 Å². The molecule has 0 amide bonds. The molecule has 0 aliphatic heterocycles. The summed E-state index contributed by atoms with van der Waals surface area (Å²) in [7, 11) is 3.27. The van der Waals surface area contributed by atoms with Crippen LogP contribution in [-0.2, 0) is 9.47 Å². The van der Waals surface area contributed by atoms with Crippen LogP contribution in [0.1, 0.15) is 11.1 Å². The summed E-state index contributed by atoms with van der Waals surface area (Å²) in [4.78, 5) is 11.3. The Kier molecular flexibility index (Phi) is 8.35. The summed E-state index contributed by atoms with van der Waals surface area (Å²) in [6, 6.07) is 19.8. The average molecular weight is 484 g/mol. The second-order valence-electron chi connectivity index (χ2n) is 8.01. The predicted octanol–water partition coefficient (Wildman–Crippen LogP) is 5.44. The Bertz CT molecular complexity index is 1350. The molecule has 0 fully saturated rings. The quantitative estimate of drug-likeness (QED) is 0.208. The van der Waals surface area contributed by atoms with E-state index >= 15 is 0 Å². The molecular formula is C29H29N3O4. The molecule has 0 radical (unpaired) electrons. The van der Waals surface area contributed by atoms with Gasteiger partial charge in [-0.1, -0.05) is 30.2 Å². The van der Waals surface area contributed by atoms with Crippen LogP contribution in [0.15, 0.2) is 67.0 Å². The number of hydrogen-bond acceptors (Lipinski definition) is 7. The zero-order chi connectivity index (χ0) is 25.3. The molecule has 7 nitrogen and oxygen atoms in total. The highest BCUT2D eigenvalue weighted by atomic mass is 16.5. The first-order chi connectivity index (χ1) is 17.7. The van der Waals surface area contributed by atoms with E-state index in [1.54, 1.807) is 20.5 Å². The van der Waals surface area contributed by atoms with E-state index in [0.717, 1.165) is 33.4 Å². The first-order valence-corrected chi connectivity index (χ1v) is 11.6. The van der Waals surface area contributed by atoms with Gasteiger partial charge in [0.15, 0.2) is 11.5 Å². The predicted molar refractivity (Wildman–Crippen MR) is 142 cm³/mol. The number of rotatable bonds is 11. The van der Waals surface area contributed by atoms with Gasteiger partial charge in [0, 0.05) is 36.9 Å². The lowest BCUT2D eigenvalue weighted by atomic mass is 10.1. The molecule has 4 aromatic rings. The molecule has 7 heteroatoms. The van der Waals surface area contributed by atoms with Gasteiger partial charge in [-0.2, -0.15) is 0 Å². The van der Waals surface area contributed by atoms with Crippen molar-refractivity contribution in [3.05, 3.63) is 78.1 Å². The van der Waals surface area contributed by atoms with Crippen LogP contribution >= 0.6 is 0 Å². The van der Waals surface area contributed by atoms with Gasteiger partial charge in [-0.3, -0.25) is 4.90 Å². The molecule has 0 aliphatic carbocycles. The number of aryl methyl sites for hydroxylation is 1. The molecule has 0 unspecified atom stereocenters. The molecule has 0 saturated heterocycles. The third kappa shape index (κ3) is 5.57. The minimum atomic E-state index is 0.372. The molecule has 0 aliphatic rings. The molecular weight excluding hydrogens is 454 g/mol. The molecule has 36 heavy (non-hydrogen) atoms. The molecule has 3 aromatic carbocycles. The molecule has 0 spiro atoms. The number of anilines is 3. The van der Waals surface area contributed by atoms with Gasteiger partial charge in [0.2, 0.25) is 0 Å². The van der Waals surface area contributed by atoms with Crippen molar-refractivity contribution in [2.24, 2.45) is 0 Å². The first kappa shape index (κ1) is 25.0. The summed E-state index contributed by atoms with van der Waals surface area (Å²) in [5, 5.41) is 0.804. The van der Waals surface area contributed by atoms with Crippen molar-refractivity contribution >= 4 is 28.1 Å². The highest BCUT2D eigenvalue weighted by Crippen LogP contribution is 2.41. The van der Waals surface area contributed by atoms with Crippen LogP contribution in [0.4, 0.5) is 17.2 Å².